The average molecular weight is 303 g/mol. The van der Waals surface area contributed by atoms with E-state index in [2.05, 4.69) is 50.2 Å². The molecule has 1 aromatic carbocycles. The number of hydrogen-bond acceptors (Lipinski definition) is 3. The van der Waals surface area contributed by atoms with Gasteiger partial charge < -0.3 is 9.64 Å². The van der Waals surface area contributed by atoms with Crippen molar-refractivity contribution in [1.29, 1.82) is 0 Å². The molecule has 0 aromatic heterocycles. The van der Waals surface area contributed by atoms with Crippen LogP contribution in [0.3, 0.4) is 0 Å². The van der Waals surface area contributed by atoms with Crippen molar-refractivity contribution in [3.05, 3.63) is 35.9 Å². The number of hydrogen-bond donors (Lipinski definition) is 0. The fraction of sp³-hybridized carbons (Fsp3) is 0.632. The van der Waals surface area contributed by atoms with Crippen LogP contribution in [-0.2, 0) is 9.53 Å². The van der Waals surface area contributed by atoms with Crippen LogP contribution in [0.25, 0.3) is 0 Å². The number of nitrogens with zero attached hydrogens (tertiary/aromatic N) is 1. The molecule has 0 heterocycles. The Morgan fingerprint density at radius 3 is 2.59 bits per heavy atom. The lowest BCUT2D eigenvalue weighted by atomic mass is 9.66. The normalized spacial score (nSPS) is 26.7. The van der Waals surface area contributed by atoms with E-state index < -0.39 is 0 Å². The van der Waals surface area contributed by atoms with Gasteiger partial charge in [0.15, 0.2) is 0 Å². The Hall–Kier alpha value is -1.35. The lowest BCUT2D eigenvalue weighted by Crippen LogP contribution is -2.51. The molecule has 0 unspecified atom stereocenters. The van der Waals surface area contributed by atoms with E-state index in [-0.39, 0.29) is 11.6 Å². The van der Waals surface area contributed by atoms with Crippen LogP contribution >= 0.6 is 0 Å². The predicted molar refractivity (Wildman–Crippen MR) is 89.9 cm³/mol. The Kier molecular flexibility index (Phi) is 5.63. The first-order valence-corrected chi connectivity index (χ1v) is 8.35. The molecule has 1 aliphatic rings. The van der Waals surface area contributed by atoms with Gasteiger partial charge in [0.05, 0.1) is 0 Å². The van der Waals surface area contributed by atoms with Gasteiger partial charge in [-0.1, -0.05) is 43.7 Å². The zero-order chi connectivity index (χ0) is 16.2. The Morgan fingerprint density at radius 1 is 1.32 bits per heavy atom. The molecule has 0 radical (unpaired) electrons. The molecular weight excluding hydrogens is 274 g/mol. The predicted octanol–water partition coefficient (Wildman–Crippen LogP) is 3.84. The minimum atomic E-state index is -0.379. The Morgan fingerprint density at radius 2 is 2.00 bits per heavy atom. The maximum Gasteiger partial charge on any atom is 0.303 e. The van der Waals surface area contributed by atoms with Gasteiger partial charge >= 0.3 is 5.97 Å². The molecule has 0 amide bonds. The molecule has 0 spiro atoms. The second kappa shape index (κ2) is 7.28. The van der Waals surface area contributed by atoms with Gasteiger partial charge in [-0.25, -0.2) is 0 Å². The third kappa shape index (κ3) is 3.70. The molecule has 1 saturated carbocycles. The first-order chi connectivity index (χ1) is 10.5. The summed E-state index contributed by atoms with van der Waals surface area (Å²) in [5, 5.41) is 0. The highest BCUT2D eigenvalue weighted by Gasteiger charge is 2.48. The van der Waals surface area contributed by atoms with Crippen LogP contribution in [0.4, 0.5) is 0 Å². The van der Waals surface area contributed by atoms with E-state index in [0.717, 1.165) is 25.8 Å². The number of carbonyl (C=O) groups excluding carboxylic acids is 1. The summed E-state index contributed by atoms with van der Waals surface area (Å²) in [5.74, 6) is 0.437. The first-order valence-electron chi connectivity index (χ1n) is 8.35. The zero-order valence-corrected chi connectivity index (χ0v) is 14.3. The monoisotopic (exact) mass is 303 g/mol. The van der Waals surface area contributed by atoms with E-state index in [4.69, 9.17) is 4.74 Å². The van der Waals surface area contributed by atoms with Crippen LogP contribution in [0.15, 0.2) is 30.3 Å². The molecule has 0 aliphatic heterocycles. The topological polar surface area (TPSA) is 29.5 Å². The van der Waals surface area contributed by atoms with Crippen molar-refractivity contribution in [3.63, 3.8) is 0 Å². The second-order valence-corrected chi connectivity index (χ2v) is 6.92. The van der Waals surface area contributed by atoms with Crippen LogP contribution in [0, 0.1) is 5.92 Å². The SMILES string of the molecule is CC(=O)O[C@]1([C@@H](C)CN(C)C)CCCC[C@@H]1c1ccccc1. The van der Waals surface area contributed by atoms with E-state index in [1.807, 2.05) is 6.07 Å². The van der Waals surface area contributed by atoms with Gasteiger partial charge in [0, 0.05) is 25.3 Å². The molecule has 122 valence electrons. The largest absolute Gasteiger partial charge is 0.458 e. The smallest absolute Gasteiger partial charge is 0.303 e. The fourth-order valence-electron chi connectivity index (χ4n) is 4.08. The van der Waals surface area contributed by atoms with E-state index in [9.17, 15) is 4.79 Å². The Bertz CT molecular complexity index is 485. The highest BCUT2D eigenvalue weighted by atomic mass is 16.6. The van der Waals surface area contributed by atoms with Gasteiger partial charge in [0.1, 0.15) is 5.60 Å². The number of ether oxygens (including phenoxy) is 1. The number of rotatable bonds is 5. The summed E-state index contributed by atoms with van der Waals surface area (Å²) in [6.07, 6.45) is 4.39. The highest BCUT2D eigenvalue weighted by Crippen LogP contribution is 2.48. The molecule has 3 heteroatoms. The standard InChI is InChI=1S/C19H29NO2/c1-15(14-20(3)4)19(22-16(2)21)13-9-8-12-18(19)17-10-6-5-7-11-17/h5-7,10-11,15,18H,8-9,12-14H2,1-4H3/t15-,18+,19-/m0/s1. The molecule has 1 aromatic rings. The molecule has 3 atom stereocenters. The molecule has 2 rings (SSSR count). The van der Waals surface area contributed by atoms with Gasteiger partial charge in [-0.05, 0) is 38.9 Å². The molecule has 1 aliphatic carbocycles. The van der Waals surface area contributed by atoms with Gasteiger partial charge in [-0.3, -0.25) is 4.79 Å². The summed E-state index contributed by atoms with van der Waals surface area (Å²) in [6, 6.07) is 10.6. The maximum absolute atomic E-state index is 11.8. The Balaban J connectivity index is 2.39. The van der Waals surface area contributed by atoms with Gasteiger partial charge in [0.25, 0.3) is 0 Å². The van der Waals surface area contributed by atoms with Crippen molar-refractivity contribution in [2.75, 3.05) is 20.6 Å². The summed E-state index contributed by atoms with van der Waals surface area (Å²) in [7, 11) is 4.16. The summed E-state index contributed by atoms with van der Waals surface area (Å²) in [6.45, 7) is 4.70. The van der Waals surface area contributed by atoms with E-state index in [0.29, 0.717) is 11.8 Å². The van der Waals surface area contributed by atoms with Crippen LogP contribution in [0.1, 0.15) is 51.0 Å². The van der Waals surface area contributed by atoms with Crippen molar-refractivity contribution in [2.24, 2.45) is 5.92 Å². The lowest BCUT2D eigenvalue weighted by Gasteiger charge is -2.48. The molecular formula is C19H29NO2. The van der Waals surface area contributed by atoms with Crippen molar-refractivity contribution in [3.8, 4) is 0 Å². The summed E-state index contributed by atoms with van der Waals surface area (Å²) in [4.78, 5) is 14.0. The lowest BCUT2D eigenvalue weighted by molar-refractivity contribution is -0.172. The van der Waals surface area contributed by atoms with E-state index >= 15 is 0 Å². The van der Waals surface area contributed by atoms with Crippen molar-refractivity contribution in [1.82, 2.24) is 4.90 Å². The maximum atomic E-state index is 11.8. The van der Waals surface area contributed by atoms with Crippen LogP contribution < -0.4 is 0 Å². The summed E-state index contributed by atoms with van der Waals surface area (Å²) < 4.78 is 6.04. The second-order valence-electron chi connectivity index (χ2n) is 6.92. The first kappa shape index (κ1) is 17.0. The molecule has 0 N–H and O–H groups in total. The van der Waals surface area contributed by atoms with Gasteiger partial charge in [-0.15, -0.1) is 0 Å². The van der Waals surface area contributed by atoms with Crippen molar-refractivity contribution in [2.45, 2.75) is 51.0 Å². The zero-order valence-electron chi connectivity index (χ0n) is 14.3. The van der Waals surface area contributed by atoms with E-state index in [1.165, 1.54) is 12.0 Å². The number of esters is 1. The van der Waals surface area contributed by atoms with E-state index in [1.54, 1.807) is 6.92 Å². The quantitative estimate of drug-likeness (QED) is 0.774. The molecule has 3 nitrogen and oxygen atoms in total. The molecule has 1 fully saturated rings. The highest BCUT2D eigenvalue weighted by molar-refractivity contribution is 5.67. The van der Waals surface area contributed by atoms with Crippen LogP contribution in [-0.4, -0.2) is 37.1 Å². The summed E-state index contributed by atoms with van der Waals surface area (Å²) in [5.41, 5.74) is 0.921. The van der Waals surface area contributed by atoms with Gasteiger partial charge in [-0.2, -0.15) is 0 Å². The van der Waals surface area contributed by atoms with Crippen LogP contribution in [0.5, 0.6) is 0 Å². The minimum Gasteiger partial charge on any atom is -0.458 e. The molecule has 0 saturated heterocycles. The Labute approximate surface area is 134 Å². The van der Waals surface area contributed by atoms with Crippen molar-refractivity contribution >= 4 is 5.97 Å². The molecule has 22 heavy (non-hydrogen) atoms. The number of benzene rings is 1. The van der Waals surface area contributed by atoms with Crippen molar-refractivity contribution < 1.29 is 9.53 Å². The summed E-state index contributed by atoms with van der Waals surface area (Å²) >= 11 is 0. The van der Waals surface area contributed by atoms with Crippen LogP contribution in [0.2, 0.25) is 0 Å². The minimum absolute atomic E-state index is 0.159. The third-order valence-corrected chi connectivity index (χ3v) is 4.91. The third-order valence-electron chi connectivity index (χ3n) is 4.91. The number of carbonyl (C=O) groups is 1. The fourth-order valence-corrected chi connectivity index (χ4v) is 4.08. The average Bonchev–Trinajstić information content (AvgIpc) is 2.47. The van der Waals surface area contributed by atoms with Gasteiger partial charge in [0.2, 0.25) is 0 Å². The molecule has 0 bridgehead atoms.